The molecule has 1 saturated heterocycles. The molecule has 1 saturated carbocycles. The Kier molecular flexibility index (Phi) is 6.61. The Morgan fingerprint density at radius 2 is 2.04 bits per heavy atom. The number of halogens is 3. The molecule has 23 heavy (non-hydrogen) atoms. The van der Waals surface area contributed by atoms with Gasteiger partial charge in [-0.3, -0.25) is 4.79 Å². The maximum absolute atomic E-state index is 12.2. The highest BCUT2D eigenvalue weighted by Crippen LogP contribution is 2.58. The number of hydrogen-bond donors (Lipinski definition) is 2. The first-order chi connectivity index (χ1) is 10.6. The van der Waals surface area contributed by atoms with Crippen molar-refractivity contribution in [3.63, 3.8) is 0 Å². The van der Waals surface area contributed by atoms with E-state index in [4.69, 9.17) is 23.2 Å². The van der Waals surface area contributed by atoms with Crippen LogP contribution in [0, 0.1) is 11.3 Å². The summed E-state index contributed by atoms with van der Waals surface area (Å²) in [6.07, 6.45) is 5.12. The van der Waals surface area contributed by atoms with Crippen LogP contribution in [0.2, 0.25) is 10.0 Å². The maximum atomic E-state index is 12.2. The minimum Gasteiger partial charge on any atom is -0.356 e. The molecule has 1 unspecified atom stereocenters. The molecule has 3 rings (SSSR count). The third-order valence-corrected chi connectivity index (χ3v) is 5.63. The van der Waals surface area contributed by atoms with E-state index in [-0.39, 0.29) is 24.2 Å². The highest BCUT2D eigenvalue weighted by atomic mass is 35.5. The molecule has 2 fully saturated rings. The van der Waals surface area contributed by atoms with Crippen LogP contribution in [-0.4, -0.2) is 25.5 Å². The van der Waals surface area contributed by atoms with Crippen LogP contribution in [0.4, 0.5) is 0 Å². The highest BCUT2D eigenvalue weighted by Gasteiger charge is 2.57. The fourth-order valence-electron chi connectivity index (χ4n) is 3.53. The molecule has 1 aliphatic carbocycles. The van der Waals surface area contributed by atoms with Crippen molar-refractivity contribution in [2.75, 3.05) is 19.6 Å². The van der Waals surface area contributed by atoms with Gasteiger partial charge in [0.2, 0.25) is 5.91 Å². The third kappa shape index (κ3) is 4.54. The molecule has 0 bridgehead atoms. The molecule has 2 N–H and O–H groups in total. The first-order valence-electron chi connectivity index (χ1n) is 8.03. The zero-order valence-corrected chi connectivity index (χ0v) is 15.4. The minimum atomic E-state index is 0. The molecule has 0 radical (unpaired) electrons. The summed E-state index contributed by atoms with van der Waals surface area (Å²) in [5.74, 6) is 0.484. The molecule has 1 spiro atoms. The van der Waals surface area contributed by atoms with Gasteiger partial charge in [-0.2, -0.15) is 0 Å². The molecule has 1 heterocycles. The Morgan fingerprint density at radius 3 is 2.74 bits per heavy atom. The summed E-state index contributed by atoms with van der Waals surface area (Å²) >= 11 is 12.0. The highest BCUT2D eigenvalue weighted by molar-refractivity contribution is 6.35. The molecule has 3 nitrogen and oxygen atoms in total. The van der Waals surface area contributed by atoms with Crippen molar-refractivity contribution in [1.29, 1.82) is 0 Å². The van der Waals surface area contributed by atoms with Gasteiger partial charge in [0.15, 0.2) is 0 Å². The van der Waals surface area contributed by atoms with E-state index in [0.29, 0.717) is 22.0 Å². The minimum absolute atomic E-state index is 0. The smallest absolute Gasteiger partial charge is 0.223 e. The van der Waals surface area contributed by atoms with Gasteiger partial charge in [0.1, 0.15) is 0 Å². The number of nitrogens with one attached hydrogen (secondary N) is 2. The van der Waals surface area contributed by atoms with Crippen molar-refractivity contribution in [3.05, 3.63) is 33.8 Å². The number of hydrogen-bond acceptors (Lipinski definition) is 2. The van der Waals surface area contributed by atoms with E-state index in [1.807, 2.05) is 12.1 Å². The van der Waals surface area contributed by atoms with Crippen LogP contribution >= 0.6 is 35.6 Å². The Labute approximate surface area is 153 Å². The van der Waals surface area contributed by atoms with Crippen LogP contribution in [0.25, 0.3) is 0 Å². The molecule has 1 aromatic rings. The molecular weight excluding hydrogens is 355 g/mol. The average molecular weight is 378 g/mol. The summed E-state index contributed by atoms with van der Waals surface area (Å²) in [7, 11) is 0. The second-order valence-electron chi connectivity index (χ2n) is 6.50. The monoisotopic (exact) mass is 376 g/mol. The summed E-state index contributed by atoms with van der Waals surface area (Å²) in [4.78, 5) is 12.2. The van der Waals surface area contributed by atoms with Gasteiger partial charge in [0.05, 0.1) is 0 Å². The third-order valence-electron chi connectivity index (χ3n) is 5.04. The summed E-state index contributed by atoms with van der Waals surface area (Å²) < 4.78 is 0. The van der Waals surface area contributed by atoms with Gasteiger partial charge in [-0.25, -0.2) is 0 Å². The summed E-state index contributed by atoms with van der Waals surface area (Å²) in [6.45, 7) is 2.82. The number of amides is 1. The number of piperidine rings is 1. The summed E-state index contributed by atoms with van der Waals surface area (Å²) in [5.41, 5.74) is 1.40. The molecule has 1 aromatic carbocycles. The topological polar surface area (TPSA) is 41.1 Å². The predicted molar refractivity (Wildman–Crippen MR) is 97.7 cm³/mol. The van der Waals surface area contributed by atoms with Crippen LogP contribution in [0.15, 0.2) is 18.2 Å². The first-order valence-corrected chi connectivity index (χ1v) is 8.79. The van der Waals surface area contributed by atoms with E-state index in [2.05, 4.69) is 10.6 Å². The van der Waals surface area contributed by atoms with E-state index in [1.54, 1.807) is 6.07 Å². The number of carbonyl (C=O) groups is 1. The van der Waals surface area contributed by atoms with Crippen molar-refractivity contribution < 1.29 is 4.79 Å². The lowest BCUT2D eigenvalue weighted by Gasteiger charge is -2.23. The van der Waals surface area contributed by atoms with Crippen LogP contribution < -0.4 is 10.6 Å². The van der Waals surface area contributed by atoms with Crippen molar-refractivity contribution in [2.45, 2.75) is 32.1 Å². The van der Waals surface area contributed by atoms with Gasteiger partial charge in [0, 0.05) is 22.5 Å². The molecule has 2 aliphatic rings. The Balaban J connectivity index is 0.00000192. The van der Waals surface area contributed by atoms with Crippen LogP contribution in [0.3, 0.4) is 0 Å². The lowest BCUT2D eigenvalue weighted by molar-refractivity contribution is -0.123. The van der Waals surface area contributed by atoms with Crippen LogP contribution in [0.1, 0.15) is 31.2 Å². The Hall–Kier alpha value is -0.480. The van der Waals surface area contributed by atoms with Crippen molar-refractivity contribution in [2.24, 2.45) is 11.3 Å². The molecular formula is C17H23Cl3N2O. The zero-order chi connectivity index (χ0) is 15.6. The van der Waals surface area contributed by atoms with Crippen molar-refractivity contribution >= 4 is 41.5 Å². The lowest BCUT2D eigenvalue weighted by atomic mass is 9.92. The predicted octanol–water partition coefficient (Wildman–Crippen LogP) is 3.85. The van der Waals surface area contributed by atoms with Gasteiger partial charge < -0.3 is 10.6 Å². The van der Waals surface area contributed by atoms with E-state index in [1.165, 1.54) is 0 Å². The molecule has 1 aliphatic heterocycles. The second kappa shape index (κ2) is 8.06. The quantitative estimate of drug-likeness (QED) is 0.765. The lowest BCUT2D eigenvalue weighted by Crippen LogP contribution is -2.34. The number of aryl methyl sites for hydroxylation is 1. The van der Waals surface area contributed by atoms with Gasteiger partial charge in [-0.1, -0.05) is 29.3 Å². The first kappa shape index (κ1) is 18.9. The average Bonchev–Trinajstić information content (AvgIpc) is 3.19. The van der Waals surface area contributed by atoms with Crippen molar-refractivity contribution in [3.8, 4) is 0 Å². The molecule has 0 aromatic heterocycles. The van der Waals surface area contributed by atoms with E-state index >= 15 is 0 Å². The van der Waals surface area contributed by atoms with Crippen LogP contribution in [-0.2, 0) is 11.2 Å². The molecule has 1 atom stereocenters. The SMILES string of the molecule is Cl.O=C(NCCCc1ccc(Cl)cc1Cl)C1CC12CCNCC2. The number of rotatable bonds is 5. The zero-order valence-electron chi connectivity index (χ0n) is 13.0. The van der Waals surface area contributed by atoms with Gasteiger partial charge in [0.25, 0.3) is 0 Å². The standard InChI is InChI=1S/C17H22Cl2N2O.ClH/c18-13-4-3-12(15(19)10-13)2-1-7-21-16(22)14-11-17(14)5-8-20-9-6-17;/h3-4,10,14,20H,1-2,5-9,11H2,(H,21,22);1H. The van der Waals surface area contributed by atoms with Gasteiger partial charge >= 0.3 is 0 Å². The summed E-state index contributed by atoms with van der Waals surface area (Å²) in [5, 5.41) is 7.81. The molecule has 128 valence electrons. The molecule has 1 amide bonds. The normalized spacial score (nSPS) is 21.6. The Morgan fingerprint density at radius 1 is 1.30 bits per heavy atom. The number of carbonyl (C=O) groups excluding carboxylic acids is 1. The van der Waals surface area contributed by atoms with Gasteiger partial charge in [-0.15, -0.1) is 12.4 Å². The summed E-state index contributed by atoms with van der Waals surface area (Å²) in [6, 6.07) is 5.58. The fraction of sp³-hybridized carbons (Fsp3) is 0.588. The number of benzene rings is 1. The van der Waals surface area contributed by atoms with Gasteiger partial charge in [-0.05, 0) is 68.3 Å². The van der Waals surface area contributed by atoms with Crippen molar-refractivity contribution in [1.82, 2.24) is 10.6 Å². The maximum Gasteiger partial charge on any atom is 0.223 e. The second-order valence-corrected chi connectivity index (χ2v) is 7.34. The van der Waals surface area contributed by atoms with Crippen LogP contribution in [0.5, 0.6) is 0 Å². The van der Waals surface area contributed by atoms with E-state index in [0.717, 1.165) is 50.8 Å². The fourth-order valence-corrected chi connectivity index (χ4v) is 4.04. The molecule has 6 heteroatoms. The largest absolute Gasteiger partial charge is 0.356 e. The van der Waals surface area contributed by atoms with E-state index < -0.39 is 0 Å². The Bertz CT molecular complexity index is 559. The van der Waals surface area contributed by atoms with E-state index in [9.17, 15) is 4.79 Å².